The highest BCUT2D eigenvalue weighted by Crippen LogP contribution is 2.38. The summed E-state index contributed by atoms with van der Waals surface area (Å²) in [6.07, 6.45) is 3.85. The molecule has 1 aliphatic carbocycles. The molecule has 4 rings (SSSR count). The first kappa shape index (κ1) is 22.5. The average Bonchev–Trinajstić information content (AvgIpc) is 3.41. The van der Waals surface area contributed by atoms with E-state index in [0.717, 1.165) is 41.7 Å². The monoisotopic (exact) mass is 488 g/mol. The normalized spacial score (nSPS) is 12.7. The lowest BCUT2D eigenvalue weighted by Crippen LogP contribution is -2.23. The average molecular weight is 489 g/mol. The van der Waals surface area contributed by atoms with Crippen molar-refractivity contribution in [3.8, 4) is 0 Å². The first-order valence-corrected chi connectivity index (χ1v) is 12.3. The maximum atomic E-state index is 13.1. The molecule has 0 saturated carbocycles. The minimum absolute atomic E-state index is 0.124. The number of halogens is 1. The maximum absolute atomic E-state index is 13.1. The summed E-state index contributed by atoms with van der Waals surface area (Å²) in [7, 11) is 0. The van der Waals surface area contributed by atoms with Crippen molar-refractivity contribution in [2.45, 2.75) is 32.1 Å². The van der Waals surface area contributed by atoms with E-state index in [-0.39, 0.29) is 12.3 Å². The summed E-state index contributed by atoms with van der Waals surface area (Å²) in [4.78, 5) is 38.7. The number of rotatable bonds is 7. The molecule has 0 radical (unpaired) electrons. The van der Waals surface area contributed by atoms with Crippen LogP contribution in [-0.4, -0.2) is 24.4 Å². The van der Waals surface area contributed by atoms with E-state index >= 15 is 0 Å². The first-order chi connectivity index (χ1) is 15.5. The van der Waals surface area contributed by atoms with Crippen LogP contribution in [0.15, 0.2) is 41.1 Å². The van der Waals surface area contributed by atoms with Gasteiger partial charge in [-0.15, -0.1) is 11.3 Å². The predicted molar refractivity (Wildman–Crippen MR) is 128 cm³/mol. The molecule has 166 valence electrons. The summed E-state index contributed by atoms with van der Waals surface area (Å²) in [5.74, 6) is -1.22. The number of nitrogens with one attached hydrogen (secondary N) is 2. The molecule has 0 bridgehead atoms. The summed E-state index contributed by atoms with van der Waals surface area (Å²) in [5, 5.41) is 10.5. The molecule has 0 spiro atoms. The van der Waals surface area contributed by atoms with Gasteiger partial charge in [-0.1, -0.05) is 11.6 Å². The zero-order valence-corrected chi connectivity index (χ0v) is 19.5. The van der Waals surface area contributed by atoms with Gasteiger partial charge in [-0.3, -0.25) is 14.4 Å². The molecule has 0 unspecified atom stereocenters. The topological polar surface area (TPSA) is 84.5 Å². The quantitative estimate of drug-likeness (QED) is 0.441. The van der Waals surface area contributed by atoms with Crippen molar-refractivity contribution in [2.24, 2.45) is 0 Å². The van der Waals surface area contributed by atoms with E-state index in [1.54, 1.807) is 24.3 Å². The fourth-order valence-corrected chi connectivity index (χ4v) is 5.64. The Hall–Kier alpha value is -2.68. The lowest BCUT2D eigenvalue weighted by molar-refractivity contribution is -0.146. The van der Waals surface area contributed by atoms with Crippen molar-refractivity contribution >= 4 is 62.7 Å². The van der Waals surface area contributed by atoms with Crippen LogP contribution in [0.1, 0.15) is 39.2 Å². The van der Waals surface area contributed by atoms with Crippen LogP contribution in [0, 0.1) is 0 Å². The van der Waals surface area contributed by atoms with Gasteiger partial charge >= 0.3 is 5.97 Å². The van der Waals surface area contributed by atoms with Crippen molar-refractivity contribution in [1.82, 2.24) is 0 Å². The number of esters is 1. The number of fused-ring (bicyclic) bond motifs is 1. The summed E-state index contributed by atoms with van der Waals surface area (Å²) < 4.78 is 5.10. The van der Waals surface area contributed by atoms with E-state index in [9.17, 15) is 14.4 Å². The van der Waals surface area contributed by atoms with E-state index in [1.807, 2.05) is 16.8 Å². The van der Waals surface area contributed by atoms with Crippen LogP contribution in [0.25, 0.3) is 0 Å². The summed E-state index contributed by atoms with van der Waals surface area (Å²) in [6, 6.07) is 8.70. The number of ether oxygens (including phenoxy) is 1. The molecule has 1 aromatic carbocycles. The van der Waals surface area contributed by atoms with Crippen LogP contribution in [0.5, 0.6) is 0 Å². The molecule has 2 N–H and O–H groups in total. The van der Waals surface area contributed by atoms with Gasteiger partial charge in [0.15, 0.2) is 6.61 Å². The first-order valence-electron chi connectivity index (χ1n) is 10.2. The fourth-order valence-electron chi connectivity index (χ4n) is 3.54. The van der Waals surface area contributed by atoms with Crippen molar-refractivity contribution < 1.29 is 19.1 Å². The van der Waals surface area contributed by atoms with Gasteiger partial charge in [0.25, 0.3) is 11.8 Å². The summed E-state index contributed by atoms with van der Waals surface area (Å²) in [5.41, 5.74) is 2.94. The Morgan fingerprint density at radius 1 is 1.03 bits per heavy atom. The minimum Gasteiger partial charge on any atom is -0.455 e. The fraction of sp³-hybridized carbons (Fsp3) is 0.261. The number of hydrogen-bond acceptors (Lipinski definition) is 6. The largest absolute Gasteiger partial charge is 0.455 e. The molecule has 0 aliphatic heterocycles. The zero-order chi connectivity index (χ0) is 22.5. The molecule has 1 aliphatic rings. The van der Waals surface area contributed by atoms with Crippen LogP contribution in [0.3, 0.4) is 0 Å². The molecule has 2 aromatic heterocycles. The van der Waals surface area contributed by atoms with Gasteiger partial charge in [0.2, 0.25) is 0 Å². The Morgan fingerprint density at radius 3 is 2.56 bits per heavy atom. The maximum Gasteiger partial charge on any atom is 0.310 e. The number of hydrogen-bond donors (Lipinski definition) is 2. The molecule has 3 aromatic rings. The minimum atomic E-state index is -0.470. The second-order valence-corrected chi connectivity index (χ2v) is 9.71. The number of benzene rings is 1. The van der Waals surface area contributed by atoms with Crippen molar-refractivity contribution in [2.75, 3.05) is 17.2 Å². The Balaban J connectivity index is 1.45. The molecular weight excluding hydrogens is 468 g/mol. The lowest BCUT2D eigenvalue weighted by Gasteiger charge is -2.13. The van der Waals surface area contributed by atoms with Crippen molar-refractivity contribution in [3.63, 3.8) is 0 Å². The van der Waals surface area contributed by atoms with E-state index in [2.05, 4.69) is 10.6 Å². The van der Waals surface area contributed by atoms with E-state index in [4.69, 9.17) is 16.3 Å². The van der Waals surface area contributed by atoms with Crippen LogP contribution in [0.2, 0.25) is 5.02 Å². The molecule has 6 nitrogen and oxygen atoms in total. The highest BCUT2D eigenvalue weighted by Gasteiger charge is 2.26. The van der Waals surface area contributed by atoms with E-state index in [0.29, 0.717) is 21.3 Å². The second kappa shape index (κ2) is 10.3. The van der Waals surface area contributed by atoms with E-state index < -0.39 is 18.5 Å². The van der Waals surface area contributed by atoms with Crippen LogP contribution < -0.4 is 10.6 Å². The number of aryl methyl sites for hydroxylation is 1. The number of carbonyl (C=O) groups is 3. The Morgan fingerprint density at radius 2 is 1.81 bits per heavy atom. The zero-order valence-electron chi connectivity index (χ0n) is 17.1. The van der Waals surface area contributed by atoms with Gasteiger partial charge in [-0.2, -0.15) is 11.3 Å². The molecule has 2 amide bonds. The Labute approximate surface area is 198 Å². The van der Waals surface area contributed by atoms with Gasteiger partial charge in [-0.25, -0.2) is 0 Å². The molecule has 0 saturated heterocycles. The standard InChI is InChI=1S/C23H21ClN2O4S2/c24-15-5-7-16(8-6-15)25-22(29)21-17-3-1-2-4-18(17)32-23(21)26-19(27)12-30-20(28)11-14-9-10-31-13-14/h5-10,13H,1-4,11-12H2,(H,25,29)(H,26,27). The van der Waals surface area contributed by atoms with Crippen molar-refractivity contribution in [1.29, 1.82) is 0 Å². The van der Waals surface area contributed by atoms with Crippen molar-refractivity contribution in [3.05, 3.63) is 67.7 Å². The molecule has 0 fully saturated rings. The van der Waals surface area contributed by atoms with Gasteiger partial charge in [0, 0.05) is 15.6 Å². The van der Waals surface area contributed by atoms with Crippen LogP contribution >= 0.6 is 34.3 Å². The Kier molecular flexibility index (Phi) is 7.24. The number of carbonyl (C=O) groups excluding carboxylic acids is 3. The highest BCUT2D eigenvalue weighted by atomic mass is 35.5. The molecule has 0 atom stereocenters. The van der Waals surface area contributed by atoms with Gasteiger partial charge in [0.05, 0.1) is 12.0 Å². The Bertz CT molecular complexity index is 1120. The van der Waals surface area contributed by atoms with E-state index in [1.165, 1.54) is 22.7 Å². The smallest absolute Gasteiger partial charge is 0.310 e. The lowest BCUT2D eigenvalue weighted by atomic mass is 9.95. The molecular formula is C23H21ClN2O4S2. The molecule has 9 heteroatoms. The van der Waals surface area contributed by atoms with Crippen LogP contribution in [0.4, 0.5) is 10.7 Å². The number of anilines is 2. The predicted octanol–water partition coefficient (Wildman–Crippen LogP) is 5.32. The second-order valence-electron chi connectivity index (χ2n) is 7.39. The number of thiophene rings is 2. The highest BCUT2D eigenvalue weighted by molar-refractivity contribution is 7.17. The SMILES string of the molecule is O=C(COC(=O)Cc1ccsc1)Nc1sc2c(c1C(=O)Nc1ccc(Cl)cc1)CCCC2. The van der Waals surface area contributed by atoms with Gasteiger partial charge in [-0.05, 0) is 77.9 Å². The third-order valence-corrected chi connectivity index (χ3v) is 7.24. The van der Waals surface area contributed by atoms with Gasteiger partial charge in [0.1, 0.15) is 5.00 Å². The summed E-state index contributed by atoms with van der Waals surface area (Å²) >= 11 is 8.84. The summed E-state index contributed by atoms with van der Waals surface area (Å²) in [6.45, 7) is -0.399. The van der Waals surface area contributed by atoms with Gasteiger partial charge < -0.3 is 15.4 Å². The number of amides is 2. The third kappa shape index (κ3) is 5.56. The van der Waals surface area contributed by atoms with Crippen LogP contribution in [-0.2, 0) is 33.6 Å². The molecule has 32 heavy (non-hydrogen) atoms. The third-order valence-electron chi connectivity index (χ3n) is 5.05. The molecule has 2 heterocycles.